The summed E-state index contributed by atoms with van der Waals surface area (Å²) in [5.74, 6) is 2.72. The van der Waals surface area contributed by atoms with Gasteiger partial charge in [0.2, 0.25) is 0 Å². The lowest BCUT2D eigenvalue weighted by molar-refractivity contribution is 0.631. The van der Waals surface area contributed by atoms with Gasteiger partial charge >= 0.3 is 0 Å². The number of fused-ring (bicyclic) bond motifs is 7. The predicted molar refractivity (Wildman–Crippen MR) is 223 cm³/mol. The van der Waals surface area contributed by atoms with Gasteiger partial charge in [0.25, 0.3) is 0 Å². The van der Waals surface area contributed by atoms with Crippen LogP contribution in [-0.4, -0.2) is 19.5 Å². The van der Waals surface area contributed by atoms with Gasteiger partial charge in [-0.25, -0.2) is 15.0 Å². The summed E-state index contributed by atoms with van der Waals surface area (Å²) in [6.07, 6.45) is 0. The van der Waals surface area contributed by atoms with Crippen molar-refractivity contribution in [2.75, 3.05) is 0 Å². The van der Waals surface area contributed by atoms with E-state index in [4.69, 9.17) is 19.4 Å². The number of nitrogens with zero attached hydrogens (tertiary/aromatic N) is 4. The van der Waals surface area contributed by atoms with Gasteiger partial charge in [-0.1, -0.05) is 135 Å². The van der Waals surface area contributed by atoms with Crippen molar-refractivity contribution in [2.45, 2.75) is 19.3 Å². The van der Waals surface area contributed by atoms with Gasteiger partial charge < -0.3 is 8.98 Å². The van der Waals surface area contributed by atoms with Crippen molar-refractivity contribution >= 4 is 32.8 Å². The Morgan fingerprint density at radius 1 is 0.473 bits per heavy atom. The van der Waals surface area contributed by atoms with Gasteiger partial charge in [0.1, 0.15) is 11.3 Å². The lowest BCUT2D eigenvalue weighted by Crippen LogP contribution is -2.14. The Hall–Kier alpha value is -7.11. The summed E-state index contributed by atoms with van der Waals surface area (Å²) in [6, 6.07) is 59.5. The Morgan fingerprint density at radius 2 is 1.02 bits per heavy atom. The molecule has 0 unspecified atom stereocenters. The molecule has 10 aromatic rings. The second-order valence-electron chi connectivity index (χ2n) is 14.8. The molecule has 0 aliphatic heterocycles. The van der Waals surface area contributed by atoms with E-state index in [2.05, 4.69) is 170 Å². The average Bonchev–Trinajstić information content (AvgIpc) is 3.90. The van der Waals surface area contributed by atoms with E-state index in [1.807, 2.05) is 18.2 Å². The fourth-order valence-electron chi connectivity index (χ4n) is 8.56. The quantitative estimate of drug-likeness (QED) is 0.179. The molecule has 5 nitrogen and oxygen atoms in total. The average molecular weight is 707 g/mol. The largest absolute Gasteiger partial charge is 0.456 e. The van der Waals surface area contributed by atoms with Crippen LogP contribution in [0.2, 0.25) is 0 Å². The first kappa shape index (κ1) is 31.4. The first-order chi connectivity index (χ1) is 27.0. The Labute approximate surface area is 318 Å². The maximum absolute atomic E-state index is 6.18. The molecular formula is C50H34N4O. The van der Waals surface area contributed by atoms with Gasteiger partial charge in [-0.2, -0.15) is 0 Å². The van der Waals surface area contributed by atoms with E-state index >= 15 is 0 Å². The third-order valence-corrected chi connectivity index (χ3v) is 11.3. The van der Waals surface area contributed by atoms with Crippen LogP contribution >= 0.6 is 0 Å². The topological polar surface area (TPSA) is 56.7 Å². The maximum Gasteiger partial charge on any atom is 0.164 e. The van der Waals surface area contributed by atoms with Crippen LogP contribution in [0.1, 0.15) is 25.0 Å². The van der Waals surface area contributed by atoms with Crippen molar-refractivity contribution in [3.63, 3.8) is 0 Å². The summed E-state index contributed by atoms with van der Waals surface area (Å²) < 4.78 is 8.51. The zero-order valence-corrected chi connectivity index (χ0v) is 30.4. The first-order valence-corrected chi connectivity index (χ1v) is 18.7. The first-order valence-electron chi connectivity index (χ1n) is 18.7. The molecule has 0 spiro atoms. The second-order valence-corrected chi connectivity index (χ2v) is 14.8. The molecule has 0 radical (unpaired) electrons. The molecule has 55 heavy (non-hydrogen) atoms. The summed E-state index contributed by atoms with van der Waals surface area (Å²) in [7, 11) is 0. The molecule has 0 saturated carbocycles. The molecule has 5 heteroatoms. The Bertz CT molecular complexity index is 3030. The Morgan fingerprint density at radius 3 is 1.73 bits per heavy atom. The molecule has 0 atom stereocenters. The van der Waals surface area contributed by atoms with Crippen molar-refractivity contribution in [1.82, 2.24) is 19.5 Å². The molecule has 0 fully saturated rings. The van der Waals surface area contributed by atoms with E-state index in [1.165, 1.54) is 44.1 Å². The highest BCUT2D eigenvalue weighted by Gasteiger charge is 2.37. The van der Waals surface area contributed by atoms with E-state index in [0.29, 0.717) is 17.5 Å². The third kappa shape index (κ3) is 4.90. The van der Waals surface area contributed by atoms with Gasteiger partial charge in [-0.05, 0) is 70.8 Å². The molecule has 11 rings (SSSR count). The molecule has 0 amide bonds. The van der Waals surface area contributed by atoms with Crippen LogP contribution in [0.3, 0.4) is 0 Å². The third-order valence-electron chi connectivity index (χ3n) is 11.3. The summed E-state index contributed by atoms with van der Waals surface area (Å²) in [6.45, 7) is 4.60. The smallest absolute Gasteiger partial charge is 0.164 e. The fourth-order valence-corrected chi connectivity index (χ4v) is 8.56. The second kappa shape index (κ2) is 12.0. The number of aromatic nitrogens is 4. The summed E-state index contributed by atoms with van der Waals surface area (Å²) in [5, 5.41) is 3.55. The van der Waals surface area contributed by atoms with E-state index < -0.39 is 0 Å². The molecule has 1 aliphatic carbocycles. The Kier molecular flexibility index (Phi) is 6.83. The number of benzene rings is 7. The molecule has 260 valence electrons. The van der Waals surface area contributed by atoms with Gasteiger partial charge in [-0.3, -0.25) is 0 Å². The van der Waals surface area contributed by atoms with Gasteiger partial charge in [0.05, 0.1) is 11.0 Å². The fraction of sp³-hybridized carbons (Fsp3) is 0.0600. The zero-order valence-electron chi connectivity index (χ0n) is 30.4. The van der Waals surface area contributed by atoms with Crippen molar-refractivity contribution in [2.24, 2.45) is 0 Å². The highest BCUT2D eigenvalue weighted by molar-refractivity contribution is 6.09. The lowest BCUT2D eigenvalue weighted by Gasteiger charge is -2.21. The minimum Gasteiger partial charge on any atom is -0.456 e. The van der Waals surface area contributed by atoms with Gasteiger partial charge in [0.15, 0.2) is 17.5 Å². The molecule has 3 heterocycles. The molecule has 0 N–H and O–H groups in total. The molecule has 1 aliphatic rings. The summed E-state index contributed by atoms with van der Waals surface area (Å²) >= 11 is 0. The normalized spacial score (nSPS) is 13.1. The van der Waals surface area contributed by atoms with E-state index in [9.17, 15) is 0 Å². The van der Waals surface area contributed by atoms with Crippen LogP contribution in [0.15, 0.2) is 174 Å². The lowest BCUT2D eigenvalue weighted by atomic mass is 9.82. The van der Waals surface area contributed by atoms with Crippen LogP contribution in [0.4, 0.5) is 0 Å². The monoisotopic (exact) mass is 706 g/mol. The zero-order chi connectivity index (χ0) is 36.7. The number of hydrogen-bond acceptors (Lipinski definition) is 4. The molecule has 7 aromatic carbocycles. The number of hydrogen-bond donors (Lipinski definition) is 0. The van der Waals surface area contributed by atoms with Crippen LogP contribution < -0.4 is 0 Å². The van der Waals surface area contributed by atoms with Crippen LogP contribution in [-0.2, 0) is 5.41 Å². The van der Waals surface area contributed by atoms with Crippen LogP contribution in [0, 0.1) is 0 Å². The number of furan rings is 1. The van der Waals surface area contributed by atoms with Crippen molar-refractivity contribution in [1.29, 1.82) is 0 Å². The van der Waals surface area contributed by atoms with Gasteiger partial charge in [-0.15, -0.1) is 0 Å². The Balaban J connectivity index is 1.06. The molecule has 0 saturated heterocycles. The summed E-state index contributed by atoms with van der Waals surface area (Å²) in [5.41, 5.74) is 13.0. The SMILES string of the molecule is CC1(C)c2ccccc2-c2c(-c3nc(-c4ccc(-c5cc6ccccc6o5)cc4)nc(-c4ccc(-n5c6ccccc6c6ccccc65)cc4)n3)cccc21. The molecular weight excluding hydrogens is 673 g/mol. The van der Waals surface area contributed by atoms with Crippen molar-refractivity contribution in [3.8, 4) is 62.3 Å². The standard InChI is InChI=1S/C50H34N4O/c1-50(2)40-17-7-4-15-38(40)46-39(16-11-18-41(46)50)49-52-47(32-24-22-31(23-25-32)45-30-34-12-3-10-21-44(34)55-45)51-48(53-49)33-26-28-35(29-27-33)54-42-19-8-5-13-36(42)37-14-6-9-20-43(37)54/h3-30H,1-2H3. The van der Waals surface area contributed by atoms with Crippen molar-refractivity contribution in [3.05, 3.63) is 181 Å². The van der Waals surface area contributed by atoms with E-state index in [0.717, 1.165) is 44.7 Å². The minimum absolute atomic E-state index is 0.143. The number of para-hydroxylation sites is 3. The van der Waals surface area contributed by atoms with E-state index in [-0.39, 0.29) is 5.41 Å². The van der Waals surface area contributed by atoms with E-state index in [1.54, 1.807) is 0 Å². The van der Waals surface area contributed by atoms with Gasteiger partial charge in [0, 0.05) is 49.5 Å². The predicted octanol–water partition coefficient (Wildman–Crippen LogP) is 12.7. The summed E-state index contributed by atoms with van der Waals surface area (Å²) in [4.78, 5) is 15.6. The molecule has 0 bridgehead atoms. The van der Waals surface area contributed by atoms with Crippen LogP contribution in [0.25, 0.3) is 95.1 Å². The van der Waals surface area contributed by atoms with Crippen molar-refractivity contribution < 1.29 is 4.42 Å². The van der Waals surface area contributed by atoms with Crippen LogP contribution in [0.5, 0.6) is 0 Å². The molecule has 3 aromatic heterocycles. The maximum atomic E-state index is 6.18. The number of rotatable bonds is 5. The highest BCUT2D eigenvalue weighted by atomic mass is 16.3. The minimum atomic E-state index is -0.143. The highest BCUT2D eigenvalue weighted by Crippen LogP contribution is 2.51.